The highest BCUT2D eigenvalue weighted by Gasteiger charge is 2.39. The molecule has 0 aliphatic heterocycles. The van der Waals surface area contributed by atoms with Crippen LogP contribution in [0.4, 0.5) is 0 Å². The standard InChI is InChI=1S/C14H17N3O3S/c1-20-13-5-3-2-4-11(13)10-17(12-6-7-12)21(18,19)14-8-9-15-16-14/h2-5,8-9,12H,6-7,10H2,1H3,(H,15,16). The summed E-state index contributed by atoms with van der Waals surface area (Å²) in [6.07, 6.45) is 3.23. The molecular formula is C14H17N3O3S. The Hall–Kier alpha value is -1.86. The number of hydrogen-bond acceptors (Lipinski definition) is 4. The van der Waals surface area contributed by atoms with Crippen molar-refractivity contribution in [3.05, 3.63) is 42.1 Å². The Balaban J connectivity index is 1.93. The van der Waals surface area contributed by atoms with Gasteiger partial charge in [0.25, 0.3) is 10.0 Å². The van der Waals surface area contributed by atoms with Crippen LogP contribution in [0.5, 0.6) is 5.75 Å². The first-order valence-corrected chi connectivity index (χ1v) is 8.20. The van der Waals surface area contributed by atoms with Gasteiger partial charge in [-0.05, 0) is 25.0 Å². The molecule has 21 heavy (non-hydrogen) atoms. The van der Waals surface area contributed by atoms with Crippen molar-refractivity contribution in [1.29, 1.82) is 0 Å². The Morgan fingerprint density at radius 3 is 2.71 bits per heavy atom. The van der Waals surface area contributed by atoms with Crippen LogP contribution in [0.1, 0.15) is 18.4 Å². The second-order valence-electron chi connectivity index (χ2n) is 5.01. The van der Waals surface area contributed by atoms with Crippen molar-refractivity contribution in [1.82, 2.24) is 14.5 Å². The topological polar surface area (TPSA) is 75.3 Å². The predicted molar refractivity (Wildman–Crippen MR) is 77.3 cm³/mol. The molecule has 1 aromatic carbocycles. The smallest absolute Gasteiger partial charge is 0.260 e. The van der Waals surface area contributed by atoms with Crippen LogP contribution < -0.4 is 4.74 Å². The van der Waals surface area contributed by atoms with Gasteiger partial charge in [-0.25, -0.2) is 8.42 Å². The van der Waals surface area contributed by atoms with Gasteiger partial charge in [-0.15, -0.1) is 0 Å². The highest BCUT2D eigenvalue weighted by molar-refractivity contribution is 7.89. The molecule has 1 saturated carbocycles. The van der Waals surface area contributed by atoms with Gasteiger partial charge in [0.05, 0.1) is 13.3 Å². The lowest BCUT2D eigenvalue weighted by atomic mass is 10.2. The monoisotopic (exact) mass is 307 g/mol. The molecule has 1 heterocycles. The lowest BCUT2D eigenvalue weighted by molar-refractivity contribution is 0.373. The zero-order valence-electron chi connectivity index (χ0n) is 11.7. The van der Waals surface area contributed by atoms with Gasteiger partial charge in [0, 0.05) is 18.2 Å². The van der Waals surface area contributed by atoms with Gasteiger partial charge in [-0.1, -0.05) is 18.2 Å². The van der Waals surface area contributed by atoms with Crippen LogP contribution in [0.15, 0.2) is 41.6 Å². The van der Waals surface area contributed by atoms with Gasteiger partial charge in [0.15, 0.2) is 5.03 Å². The summed E-state index contributed by atoms with van der Waals surface area (Å²) in [6.45, 7) is 0.302. The van der Waals surface area contributed by atoms with Crippen molar-refractivity contribution in [3.63, 3.8) is 0 Å². The first kappa shape index (κ1) is 14.1. The average Bonchev–Trinajstić information content (AvgIpc) is 3.16. The van der Waals surface area contributed by atoms with Crippen molar-refractivity contribution in [2.75, 3.05) is 7.11 Å². The van der Waals surface area contributed by atoms with Crippen molar-refractivity contribution >= 4 is 10.0 Å². The number of rotatable bonds is 6. The van der Waals surface area contributed by atoms with E-state index in [2.05, 4.69) is 10.2 Å². The molecular weight excluding hydrogens is 290 g/mol. The predicted octanol–water partition coefficient (Wildman–Crippen LogP) is 1.77. The summed E-state index contributed by atoms with van der Waals surface area (Å²) in [5.41, 5.74) is 0.856. The van der Waals surface area contributed by atoms with E-state index in [4.69, 9.17) is 4.74 Å². The number of aromatic amines is 1. The Kier molecular flexibility index (Phi) is 3.69. The summed E-state index contributed by atoms with van der Waals surface area (Å²) in [7, 11) is -1.97. The number of para-hydroxylation sites is 1. The minimum absolute atomic E-state index is 0.0585. The van der Waals surface area contributed by atoms with Gasteiger partial charge in [-0.3, -0.25) is 5.10 Å². The van der Waals surface area contributed by atoms with Gasteiger partial charge in [0.1, 0.15) is 5.75 Å². The molecule has 1 fully saturated rings. The van der Waals surface area contributed by atoms with Crippen LogP contribution in [0.3, 0.4) is 0 Å². The summed E-state index contributed by atoms with van der Waals surface area (Å²) < 4.78 is 32.2. The molecule has 112 valence electrons. The summed E-state index contributed by atoms with van der Waals surface area (Å²) in [6, 6.07) is 9.01. The zero-order chi connectivity index (χ0) is 14.9. The normalized spacial score (nSPS) is 15.3. The van der Waals surface area contributed by atoms with Crippen molar-refractivity contribution in [3.8, 4) is 5.75 Å². The molecule has 0 saturated heterocycles. The van der Waals surface area contributed by atoms with E-state index in [1.807, 2.05) is 24.3 Å². The van der Waals surface area contributed by atoms with Gasteiger partial charge in [0.2, 0.25) is 0 Å². The Morgan fingerprint density at radius 2 is 2.10 bits per heavy atom. The largest absolute Gasteiger partial charge is 0.496 e. The zero-order valence-corrected chi connectivity index (χ0v) is 12.5. The van der Waals surface area contributed by atoms with Crippen LogP contribution in [0, 0.1) is 0 Å². The number of hydrogen-bond donors (Lipinski definition) is 1. The van der Waals surface area contributed by atoms with E-state index >= 15 is 0 Å². The molecule has 3 rings (SSSR count). The van der Waals surface area contributed by atoms with Crippen LogP contribution >= 0.6 is 0 Å². The molecule has 1 aliphatic carbocycles. The summed E-state index contributed by atoms with van der Waals surface area (Å²) >= 11 is 0. The van der Waals surface area contributed by atoms with Crippen LogP contribution in [0.25, 0.3) is 0 Å². The second-order valence-corrected chi connectivity index (χ2v) is 6.87. The van der Waals surface area contributed by atoms with Crippen molar-refractivity contribution < 1.29 is 13.2 Å². The number of H-pyrrole nitrogens is 1. The molecule has 6 nitrogen and oxygen atoms in total. The maximum absolute atomic E-state index is 12.7. The third-order valence-corrected chi connectivity index (χ3v) is 5.36. The number of sulfonamides is 1. The van der Waals surface area contributed by atoms with Gasteiger partial charge >= 0.3 is 0 Å². The fourth-order valence-corrected chi connectivity index (χ4v) is 3.85. The number of ether oxygens (including phenoxy) is 1. The summed E-state index contributed by atoms with van der Waals surface area (Å²) in [5.74, 6) is 0.697. The summed E-state index contributed by atoms with van der Waals surface area (Å²) in [4.78, 5) is 0. The van der Waals surface area contributed by atoms with E-state index < -0.39 is 10.0 Å². The SMILES string of the molecule is COc1ccccc1CN(C1CC1)S(=O)(=O)c1ccn[nH]1. The number of benzene rings is 1. The number of nitrogens with one attached hydrogen (secondary N) is 1. The van der Waals surface area contributed by atoms with E-state index in [-0.39, 0.29) is 11.1 Å². The van der Waals surface area contributed by atoms with Crippen molar-refractivity contribution in [2.24, 2.45) is 0 Å². The van der Waals surface area contributed by atoms with Crippen LogP contribution in [0.2, 0.25) is 0 Å². The molecule has 1 N–H and O–H groups in total. The fourth-order valence-electron chi connectivity index (χ4n) is 2.29. The number of methoxy groups -OCH3 is 1. The minimum atomic E-state index is -3.56. The maximum atomic E-state index is 12.7. The molecule has 2 aromatic rings. The molecule has 0 amide bonds. The average molecular weight is 307 g/mol. The molecule has 0 radical (unpaired) electrons. The molecule has 0 bridgehead atoms. The molecule has 0 spiro atoms. The Morgan fingerprint density at radius 1 is 1.33 bits per heavy atom. The Labute approximate surface area is 123 Å². The molecule has 1 aliphatic rings. The molecule has 1 aromatic heterocycles. The summed E-state index contributed by atoms with van der Waals surface area (Å²) in [5, 5.41) is 6.41. The van der Waals surface area contributed by atoms with Crippen LogP contribution in [-0.2, 0) is 16.6 Å². The van der Waals surface area contributed by atoms with E-state index in [0.29, 0.717) is 12.3 Å². The van der Waals surface area contributed by atoms with E-state index in [1.165, 1.54) is 16.6 Å². The number of nitrogens with zero attached hydrogens (tertiary/aromatic N) is 2. The fraction of sp³-hybridized carbons (Fsp3) is 0.357. The van der Waals surface area contributed by atoms with Crippen molar-refractivity contribution in [2.45, 2.75) is 30.5 Å². The third kappa shape index (κ3) is 2.79. The van der Waals surface area contributed by atoms with Gasteiger partial charge < -0.3 is 4.74 Å². The lowest BCUT2D eigenvalue weighted by Gasteiger charge is -2.22. The number of aromatic nitrogens is 2. The van der Waals surface area contributed by atoms with Gasteiger partial charge in [-0.2, -0.15) is 9.40 Å². The molecule has 0 unspecified atom stereocenters. The first-order valence-electron chi connectivity index (χ1n) is 6.76. The van der Waals surface area contributed by atoms with E-state index in [0.717, 1.165) is 18.4 Å². The highest BCUT2D eigenvalue weighted by atomic mass is 32.2. The quantitative estimate of drug-likeness (QED) is 0.882. The third-order valence-electron chi connectivity index (χ3n) is 3.53. The highest BCUT2D eigenvalue weighted by Crippen LogP contribution is 2.34. The lowest BCUT2D eigenvalue weighted by Crippen LogP contribution is -2.33. The van der Waals surface area contributed by atoms with E-state index in [9.17, 15) is 8.42 Å². The Bertz CT molecular complexity index is 709. The molecule has 7 heteroatoms. The molecule has 0 atom stereocenters. The second kappa shape index (κ2) is 5.50. The first-order chi connectivity index (χ1) is 10.1. The van der Waals surface area contributed by atoms with Crippen LogP contribution in [-0.4, -0.2) is 36.1 Å². The van der Waals surface area contributed by atoms with E-state index in [1.54, 1.807) is 7.11 Å². The minimum Gasteiger partial charge on any atom is -0.496 e. The maximum Gasteiger partial charge on any atom is 0.260 e.